The molecule has 0 atom stereocenters. The van der Waals surface area contributed by atoms with Gasteiger partial charge in [-0.25, -0.2) is 9.37 Å². The SMILES string of the molecule is Nc1c(F)c(Cl)cc2c(=O)[nH]cnc12. The molecule has 6 heteroatoms. The number of H-pyrrole nitrogens is 1. The van der Waals surface area contributed by atoms with Crippen LogP contribution >= 0.6 is 11.6 Å². The molecule has 72 valence electrons. The Bertz CT molecular complexity index is 566. The summed E-state index contributed by atoms with van der Waals surface area (Å²) < 4.78 is 13.2. The monoisotopic (exact) mass is 213 g/mol. The number of rotatable bonds is 0. The topological polar surface area (TPSA) is 71.8 Å². The highest BCUT2D eigenvalue weighted by Crippen LogP contribution is 2.26. The van der Waals surface area contributed by atoms with Crippen molar-refractivity contribution in [3.05, 3.63) is 33.6 Å². The van der Waals surface area contributed by atoms with Crippen molar-refractivity contribution >= 4 is 28.2 Å². The third kappa shape index (κ3) is 1.13. The number of hydrogen-bond donors (Lipinski definition) is 2. The molecule has 0 radical (unpaired) electrons. The molecule has 0 bridgehead atoms. The number of nitrogens with zero attached hydrogens (tertiary/aromatic N) is 1. The Balaban J connectivity index is 3.06. The van der Waals surface area contributed by atoms with E-state index in [1.54, 1.807) is 0 Å². The van der Waals surface area contributed by atoms with Crippen LogP contribution in [0.3, 0.4) is 0 Å². The first-order chi connectivity index (χ1) is 6.61. The fraction of sp³-hybridized carbons (Fsp3) is 0. The minimum Gasteiger partial charge on any atom is -0.395 e. The molecule has 1 aromatic carbocycles. The van der Waals surface area contributed by atoms with E-state index < -0.39 is 11.4 Å². The summed E-state index contributed by atoms with van der Waals surface area (Å²) in [6.45, 7) is 0. The third-order valence-electron chi connectivity index (χ3n) is 1.86. The van der Waals surface area contributed by atoms with Crippen molar-refractivity contribution in [2.24, 2.45) is 0 Å². The maximum atomic E-state index is 13.2. The maximum absolute atomic E-state index is 13.2. The van der Waals surface area contributed by atoms with E-state index >= 15 is 0 Å². The second-order valence-corrected chi connectivity index (χ2v) is 3.12. The molecule has 0 spiro atoms. The van der Waals surface area contributed by atoms with Crippen LogP contribution in [0.2, 0.25) is 5.02 Å². The van der Waals surface area contributed by atoms with E-state index in [0.29, 0.717) is 0 Å². The lowest BCUT2D eigenvalue weighted by molar-refractivity contribution is 0.634. The van der Waals surface area contributed by atoms with Gasteiger partial charge in [-0.15, -0.1) is 0 Å². The Morgan fingerprint density at radius 1 is 1.57 bits per heavy atom. The van der Waals surface area contributed by atoms with Crippen LogP contribution < -0.4 is 11.3 Å². The van der Waals surface area contributed by atoms with Crippen molar-refractivity contribution < 1.29 is 4.39 Å². The quantitative estimate of drug-likeness (QED) is 0.648. The summed E-state index contributed by atoms with van der Waals surface area (Å²) in [5, 5.41) is -0.00935. The average molecular weight is 214 g/mol. The number of hydrogen-bond acceptors (Lipinski definition) is 3. The molecule has 2 rings (SSSR count). The smallest absolute Gasteiger partial charge is 0.258 e. The Hall–Kier alpha value is -1.62. The van der Waals surface area contributed by atoms with Crippen molar-refractivity contribution in [3.63, 3.8) is 0 Å². The number of anilines is 1. The Morgan fingerprint density at radius 3 is 3.00 bits per heavy atom. The minimum absolute atomic E-state index is 0.121. The van der Waals surface area contributed by atoms with E-state index in [-0.39, 0.29) is 21.6 Å². The van der Waals surface area contributed by atoms with Crippen molar-refractivity contribution in [1.82, 2.24) is 9.97 Å². The molecule has 0 aliphatic heterocycles. The first kappa shape index (κ1) is 8.96. The van der Waals surface area contributed by atoms with Gasteiger partial charge in [-0.2, -0.15) is 0 Å². The van der Waals surface area contributed by atoms with Gasteiger partial charge >= 0.3 is 0 Å². The van der Waals surface area contributed by atoms with Crippen LogP contribution in [0.15, 0.2) is 17.2 Å². The van der Waals surface area contributed by atoms with Gasteiger partial charge in [0.05, 0.1) is 22.4 Å². The number of aromatic amines is 1. The fourth-order valence-electron chi connectivity index (χ4n) is 1.18. The van der Waals surface area contributed by atoms with Crippen LogP contribution in [0.5, 0.6) is 0 Å². The summed E-state index contributed by atoms with van der Waals surface area (Å²) in [5.41, 5.74) is 4.93. The summed E-state index contributed by atoms with van der Waals surface area (Å²) in [6, 6.07) is 1.20. The van der Waals surface area contributed by atoms with E-state index in [9.17, 15) is 9.18 Å². The third-order valence-corrected chi connectivity index (χ3v) is 2.14. The summed E-state index contributed by atoms with van der Waals surface area (Å²) >= 11 is 5.53. The van der Waals surface area contributed by atoms with E-state index in [1.807, 2.05) is 0 Å². The van der Waals surface area contributed by atoms with Crippen LogP contribution in [0.1, 0.15) is 0 Å². The standard InChI is InChI=1S/C8H5ClFN3O/c9-4-1-3-7(6(11)5(4)10)12-2-13-8(3)14/h1-2H,11H2,(H,12,13,14). The second-order valence-electron chi connectivity index (χ2n) is 2.71. The highest BCUT2D eigenvalue weighted by Gasteiger charge is 2.11. The van der Waals surface area contributed by atoms with Crippen LogP contribution in [-0.2, 0) is 0 Å². The van der Waals surface area contributed by atoms with Gasteiger partial charge in [-0.3, -0.25) is 4.79 Å². The summed E-state index contributed by atoms with van der Waals surface area (Å²) in [5.74, 6) is -0.753. The number of nitrogens with one attached hydrogen (secondary N) is 1. The summed E-state index contributed by atoms with van der Waals surface area (Å²) in [6.07, 6.45) is 1.16. The van der Waals surface area contributed by atoms with Gasteiger partial charge in [0.1, 0.15) is 5.52 Å². The first-order valence-corrected chi connectivity index (χ1v) is 4.10. The lowest BCUT2D eigenvalue weighted by Crippen LogP contribution is -2.08. The summed E-state index contributed by atoms with van der Waals surface area (Å²) in [4.78, 5) is 17.4. The molecule has 1 aromatic heterocycles. The van der Waals surface area contributed by atoms with Crippen molar-refractivity contribution in [2.45, 2.75) is 0 Å². The molecular formula is C8H5ClFN3O. The van der Waals surface area contributed by atoms with Gasteiger partial charge in [0.25, 0.3) is 5.56 Å². The van der Waals surface area contributed by atoms with Crippen LogP contribution in [0.25, 0.3) is 10.9 Å². The van der Waals surface area contributed by atoms with Crippen LogP contribution in [-0.4, -0.2) is 9.97 Å². The number of nitrogens with two attached hydrogens (primary N) is 1. The molecule has 0 fully saturated rings. The maximum Gasteiger partial charge on any atom is 0.258 e. The molecular weight excluding hydrogens is 209 g/mol. The largest absolute Gasteiger partial charge is 0.395 e. The predicted octanol–water partition coefficient (Wildman–Crippen LogP) is 1.30. The average Bonchev–Trinajstić information content (AvgIpc) is 2.17. The lowest BCUT2D eigenvalue weighted by atomic mass is 10.2. The van der Waals surface area contributed by atoms with Crippen molar-refractivity contribution in [3.8, 4) is 0 Å². The highest BCUT2D eigenvalue weighted by molar-refractivity contribution is 6.32. The number of aromatic nitrogens is 2. The van der Waals surface area contributed by atoms with Crippen LogP contribution in [0.4, 0.5) is 10.1 Å². The number of halogens is 2. The molecule has 0 saturated carbocycles. The fourth-order valence-corrected chi connectivity index (χ4v) is 1.39. The Morgan fingerprint density at radius 2 is 2.29 bits per heavy atom. The van der Waals surface area contributed by atoms with Gasteiger partial charge in [0.15, 0.2) is 5.82 Å². The Kier molecular flexibility index (Phi) is 1.89. The molecule has 0 aliphatic carbocycles. The molecule has 4 nitrogen and oxygen atoms in total. The number of nitrogen functional groups attached to an aromatic ring is 1. The van der Waals surface area contributed by atoms with E-state index in [4.69, 9.17) is 17.3 Å². The normalized spacial score (nSPS) is 10.7. The van der Waals surface area contributed by atoms with E-state index in [2.05, 4.69) is 9.97 Å². The first-order valence-electron chi connectivity index (χ1n) is 3.72. The van der Waals surface area contributed by atoms with E-state index in [1.165, 1.54) is 6.07 Å². The zero-order chi connectivity index (χ0) is 10.3. The van der Waals surface area contributed by atoms with Crippen molar-refractivity contribution in [2.75, 3.05) is 5.73 Å². The Labute approximate surface area is 82.5 Å². The zero-order valence-electron chi connectivity index (χ0n) is 6.84. The van der Waals surface area contributed by atoms with Gasteiger partial charge in [0, 0.05) is 0 Å². The molecule has 0 amide bonds. The second kappa shape index (κ2) is 2.95. The predicted molar refractivity (Wildman–Crippen MR) is 51.7 cm³/mol. The molecule has 0 saturated heterocycles. The van der Waals surface area contributed by atoms with Gasteiger partial charge in [0.2, 0.25) is 0 Å². The highest BCUT2D eigenvalue weighted by atomic mass is 35.5. The number of benzene rings is 1. The molecule has 0 aliphatic rings. The van der Waals surface area contributed by atoms with Gasteiger partial charge in [-0.05, 0) is 6.07 Å². The lowest BCUT2D eigenvalue weighted by Gasteiger charge is -2.02. The molecule has 1 heterocycles. The minimum atomic E-state index is -0.753. The van der Waals surface area contributed by atoms with Crippen LogP contribution in [0, 0.1) is 5.82 Å². The number of fused-ring (bicyclic) bond motifs is 1. The molecule has 14 heavy (non-hydrogen) atoms. The van der Waals surface area contributed by atoms with E-state index in [0.717, 1.165) is 6.33 Å². The molecule has 2 aromatic rings. The van der Waals surface area contributed by atoms with Gasteiger partial charge in [-0.1, -0.05) is 11.6 Å². The van der Waals surface area contributed by atoms with Crippen molar-refractivity contribution in [1.29, 1.82) is 0 Å². The molecule has 3 N–H and O–H groups in total. The molecule has 0 unspecified atom stereocenters. The summed E-state index contributed by atoms with van der Waals surface area (Å²) in [7, 11) is 0. The van der Waals surface area contributed by atoms with Gasteiger partial charge < -0.3 is 10.7 Å². The zero-order valence-corrected chi connectivity index (χ0v) is 7.60.